The summed E-state index contributed by atoms with van der Waals surface area (Å²) in [4.78, 5) is 42.8. The molecule has 0 spiro atoms. The predicted molar refractivity (Wildman–Crippen MR) is 192 cm³/mol. The highest BCUT2D eigenvalue weighted by molar-refractivity contribution is 5.85. The van der Waals surface area contributed by atoms with E-state index in [0.717, 1.165) is 54.5 Å². The number of Topliss-reactive ketones (excluding diaryl/α,β-unsaturated/α-hetero) is 1. The number of aryl methyl sites for hydroxylation is 5. The molecule has 1 unspecified atom stereocenters. The molecule has 49 heavy (non-hydrogen) atoms. The first-order valence-electron chi connectivity index (χ1n) is 17.8. The van der Waals surface area contributed by atoms with Crippen molar-refractivity contribution in [1.29, 1.82) is 0 Å². The van der Waals surface area contributed by atoms with Gasteiger partial charge in [-0.05, 0) is 144 Å². The number of nitrogens with zero attached hydrogens (tertiary/aromatic N) is 2. The second-order valence-electron chi connectivity index (χ2n) is 14.7. The second kappa shape index (κ2) is 16.4. The van der Waals surface area contributed by atoms with E-state index in [4.69, 9.17) is 4.74 Å². The third-order valence-electron chi connectivity index (χ3n) is 9.71. The number of carbonyl (C=O) groups excluding carboxylic acids is 2. The summed E-state index contributed by atoms with van der Waals surface area (Å²) >= 11 is 0. The Hall–Kier alpha value is -3.65. The number of benzene rings is 2. The molecule has 1 heterocycles. The average Bonchev–Trinajstić information content (AvgIpc) is 3.85. The van der Waals surface area contributed by atoms with E-state index in [1.165, 1.54) is 16.2 Å². The second-order valence-corrected chi connectivity index (χ2v) is 14.7. The Morgan fingerprint density at radius 3 is 2.16 bits per heavy atom. The highest BCUT2D eigenvalue weighted by atomic mass is 19.1. The molecule has 0 saturated heterocycles. The maximum Gasteiger partial charge on any atom is 0.306 e. The van der Waals surface area contributed by atoms with Gasteiger partial charge in [0.25, 0.3) is 5.56 Å². The lowest BCUT2D eigenvalue weighted by Gasteiger charge is -2.26. The van der Waals surface area contributed by atoms with E-state index in [0.29, 0.717) is 17.9 Å². The summed E-state index contributed by atoms with van der Waals surface area (Å²) in [6.07, 6.45) is 5.33. The quantitative estimate of drug-likeness (QED) is 0.142. The van der Waals surface area contributed by atoms with Gasteiger partial charge in [-0.1, -0.05) is 26.0 Å². The van der Waals surface area contributed by atoms with Crippen LogP contribution in [0.4, 0.5) is 8.78 Å². The number of hydrogen-bond donors (Lipinski definition) is 0. The summed E-state index contributed by atoms with van der Waals surface area (Å²) < 4.78 is 39.8. The Bertz CT molecular complexity index is 1720. The minimum Gasteiger partial charge on any atom is -0.466 e. The molecule has 1 aliphatic carbocycles. The number of aromatic nitrogens is 1. The van der Waals surface area contributed by atoms with Crippen molar-refractivity contribution in [3.8, 4) is 11.1 Å². The first-order chi connectivity index (χ1) is 23.1. The van der Waals surface area contributed by atoms with Crippen molar-refractivity contribution in [1.82, 2.24) is 9.47 Å². The molecule has 2 atom stereocenters. The molecule has 0 bridgehead atoms. The van der Waals surface area contributed by atoms with E-state index in [1.54, 1.807) is 26.1 Å². The van der Waals surface area contributed by atoms with Gasteiger partial charge in [0.05, 0.1) is 19.1 Å². The lowest BCUT2D eigenvalue weighted by Crippen LogP contribution is -2.32. The fourth-order valence-corrected chi connectivity index (χ4v) is 7.11. The molecule has 0 amide bonds. The van der Waals surface area contributed by atoms with Crippen LogP contribution in [0.3, 0.4) is 0 Å². The zero-order valence-electron chi connectivity index (χ0n) is 30.8. The largest absolute Gasteiger partial charge is 0.466 e. The number of halogens is 2. The van der Waals surface area contributed by atoms with Crippen molar-refractivity contribution in [3.05, 3.63) is 91.4 Å². The third kappa shape index (κ3) is 9.33. The van der Waals surface area contributed by atoms with Gasteiger partial charge in [0, 0.05) is 35.7 Å². The zero-order chi connectivity index (χ0) is 36.2. The van der Waals surface area contributed by atoms with Crippen LogP contribution < -0.4 is 5.56 Å². The zero-order valence-corrected chi connectivity index (χ0v) is 30.8. The third-order valence-corrected chi connectivity index (χ3v) is 9.71. The van der Waals surface area contributed by atoms with E-state index in [9.17, 15) is 14.4 Å². The van der Waals surface area contributed by atoms with Gasteiger partial charge in [0.15, 0.2) is 5.78 Å². The van der Waals surface area contributed by atoms with Crippen molar-refractivity contribution >= 4 is 11.8 Å². The van der Waals surface area contributed by atoms with Crippen LogP contribution in [-0.2, 0) is 20.7 Å². The molecule has 1 aliphatic rings. The number of hydrogen-bond acceptors (Lipinski definition) is 5. The smallest absolute Gasteiger partial charge is 0.306 e. The first kappa shape index (κ1) is 38.2. The summed E-state index contributed by atoms with van der Waals surface area (Å²) in [7, 11) is 4.02. The molecule has 0 N–H and O–H groups in total. The number of esters is 1. The fraction of sp³-hybridized carbons (Fsp3) is 0.537. The maximum absolute atomic E-state index is 16.9. The number of rotatable bonds is 16. The van der Waals surface area contributed by atoms with Crippen molar-refractivity contribution in [2.75, 3.05) is 27.2 Å². The number of ether oxygens (including phenoxy) is 1. The standard InChI is InChI=1S/C41H54F2N2O4/c1-10-49-37(48)22-32(21-35(46)34(16-24(2)3)45-23-30(12-11-15-44(8)9)25(4)20-36(45)47)39-40(42)28(7)19-33(41(39)43)38-26(5)17-31(18-27(38)6)29-13-14-29/h17-20,23-24,29,32,34H,10-16,21-22H2,1-9H3/t32-,34?/m0/s1. The van der Waals surface area contributed by atoms with Gasteiger partial charge in [0.2, 0.25) is 0 Å². The summed E-state index contributed by atoms with van der Waals surface area (Å²) in [6.45, 7) is 13.9. The van der Waals surface area contributed by atoms with Gasteiger partial charge in [-0.15, -0.1) is 0 Å². The Morgan fingerprint density at radius 2 is 1.59 bits per heavy atom. The fourth-order valence-electron chi connectivity index (χ4n) is 7.11. The topological polar surface area (TPSA) is 68.6 Å². The molecule has 3 aromatic rings. The molecule has 1 fully saturated rings. The first-order valence-corrected chi connectivity index (χ1v) is 17.8. The van der Waals surface area contributed by atoms with E-state index in [1.807, 2.05) is 48.7 Å². The molecule has 6 nitrogen and oxygen atoms in total. The summed E-state index contributed by atoms with van der Waals surface area (Å²) in [6, 6.07) is 6.39. The number of pyridine rings is 1. The van der Waals surface area contributed by atoms with Crippen molar-refractivity contribution in [3.63, 3.8) is 0 Å². The normalized spacial score (nSPS) is 14.4. The number of carbonyl (C=O) groups is 2. The molecular weight excluding hydrogens is 622 g/mol. The van der Waals surface area contributed by atoms with Gasteiger partial charge < -0.3 is 14.2 Å². The van der Waals surface area contributed by atoms with Crippen molar-refractivity contribution in [2.24, 2.45) is 5.92 Å². The van der Waals surface area contributed by atoms with Crippen LogP contribution in [0.5, 0.6) is 0 Å². The van der Waals surface area contributed by atoms with Crippen molar-refractivity contribution < 1.29 is 23.1 Å². The van der Waals surface area contributed by atoms with Crippen LogP contribution >= 0.6 is 0 Å². The summed E-state index contributed by atoms with van der Waals surface area (Å²) in [5.41, 5.74) is 5.45. The molecule has 1 aromatic heterocycles. The average molecular weight is 677 g/mol. The molecule has 2 aromatic carbocycles. The van der Waals surface area contributed by atoms with Gasteiger partial charge in [-0.3, -0.25) is 14.4 Å². The van der Waals surface area contributed by atoms with Gasteiger partial charge in [0.1, 0.15) is 11.6 Å². The lowest BCUT2D eigenvalue weighted by molar-refractivity contribution is -0.143. The van der Waals surface area contributed by atoms with Crippen LogP contribution in [0.1, 0.15) is 116 Å². The summed E-state index contributed by atoms with van der Waals surface area (Å²) in [5, 5.41) is 0. The van der Waals surface area contributed by atoms with E-state index < -0.39 is 29.6 Å². The van der Waals surface area contributed by atoms with E-state index >= 15 is 8.78 Å². The SMILES string of the molecule is CCOC(=O)C[C@H](CC(=O)C(CC(C)C)n1cc(CCCN(C)C)c(C)cc1=O)c1c(F)c(C)cc(-c2c(C)cc(C3CC3)cc2C)c1F. The molecule has 8 heteroatoms. The van der Waals surface area contributed by atoms with E-state index in [-0.39, 0.29) is 53.4 Å². The Kier molecular flexibility index (Phi) is 12.7. The van der Waals surface area contributed by atoms with Crippen LogP contribution in [0.15, 0.2) is 35.3 Å². The summed E-state index contributed by atoms with van der Waals surface area (Å²) in [5.74, 6) is -3.10. The minimum absolute atomic E-state index is 0.0476. The minimum atomic E-state index is -1.13. The van der Waals surface area contributed by atoms with Gasteiger partial charge in [-0.25, -0.2) is 8.78 Å². The molecule has 0 radical (unpaired) electrons. The lowest BCUT2D eigenvalue weighted by atomic mass is 9.83. The highest BCUT2D eigenvalue weighted by Gasteiger charge is 2.33. The Balaban J connectivity index is 1.80. The monoisotopic (exact) mass is 676 g/mol. The molecule has 4 rings (SSSR count). The Morgan fingerprint density at radius 1 is 0.939 bits per heavy atom. The maximum atomic E-state index is 16.9. The molecule has 0 aliphatic heterocycles. The van der Waals surface area contributed by atoms with Crippen molar-refractivity contribution in [2.45, 2.75) is 111 Å². The van der Waals surface area contributed by atoms with E-state index in [2.05, 4.69) is 17.0 Å². The Labute approximate surface area is 290 Å². The molecule has 1 saturated carbocycles. The molecular formula is C41H54F2N2O4. The molecule has 266 valence electrons. The highest BCUT2D eigenvalue weighted by Crippen LogP contribution is 2.44. The van der Waals surface area contributed by atoms with Gasteiger partial charge >= 0.3 is 5.97 Å². The van der Waals surface area contributed by atoms with Crippen LogP contribution in [-0.4, -0.2) is 48.5 Å². The van der Waals surface area contributed by atoms with Crippen LogP contribution in [0.25, 0.3) is 11.1 Å². The van der Waals surface area contributed by atoms with Crippen LogP contribution in [0.2, 0.25) is 0 Å². The van der Waals surface area contributed by atoms with Crippen LogP contribution in [0, 0.1) is 45.2 Å². The number of ketones is 1. The predicted octanol–water partition coefficient (Wildman–Crippen LogP) is 8.68. The van der Waals surface area contributed by atoms with Gasteiger partial charge in [-0.2, -0.15) is 0 Å².